The Morgan fingerprint density at radius 3 is 2.37 bits per heavy atom. The van der Waals surface area contributed by atoms with E-state index in [1.54, 1.807) is 6.07 Å². The van der Waals surface area contributed by atoms with Crippen LogP contribution in [-0.4, -0.2) is 19.0 Å². The lowest BCUT2D eigenvalue weighted by atomic mass is 9.84. The van der Waals surface area contributed by atoms with Gasteiger partial charge in [0, 0.05) is 23.4 Å². The predicted octanol–water partition coefficient (Wildman–Crippen LogP) is 3.83. The zero-order valence-electron chi connectivity index (χ0n) is 11.5. The predicted molar refractivity (Wildman–Crippen MR) is 75.3 cm³/mol. The normalized spacial score (nSPS) is 15.4. The van der Waals surface area contributed by atoms with Gasteiger partial charge in [0.15, 0.2) is 11.5 Å². The second-order valence-electron chi connectivity index (χ2n) is 5.06. The van der Waals surface area contributed by atoms with Crippen molar-refractivity contribution in [3.8, 4) is 11.5 Å². The highest BCUT2D eigenvalue weighted by molar-refractivity contribution is 6.32. The molecule has 19 heavy (non-hydrogen) atoms. The molecule has 1 aromatic carbocycles. The van der Waals surface area contributed by atoms with Gasteiger partial charge in [0.1, 0.15) is 19.0 Å². The third kappa shape index (κ3) is 2.86. The topological polar surface area (TPSA) is 35.5 Å². The van der Waals surface area contributed by atoms with Crippen molar-refractivity contribution in [2.75, 3.05) is 13.2 Å². The molecule has 104 valence electrons. The number of carbonyl (C=O) groups is 1. The fourth-order valence-corrected chi connectivity index (χ4v) is 2.71. The second kappa shape index (κ2) is 5.83. The highest BCUT2D eigenvalue weighted by Gasteiger charge is 2.27. The summed E-state index contributed by atoms with van der Waals surface area (Å²) in [7, 11) is 0. The Bertz CT molecular complexity index is 483. The van der Waals surface area contributed by atoms with E-state index in [2.05, 4.69) is 0 Å². The minimum absolute atomic E-state index is 0.187. The highest BCUT2D eigenvalue weighted by Crippen LogP contribution is 2.40. The van der Waals surface area contributed by atoms with Gasteiger partial charge in [-0.1, -0.05) is 32.4 Å². The number of rotatable bonds is 4. The van der Waals surface area contributed by atoms with Crippen LogP contribution in [0.2, 0.25) is 5.02 Å². The molecule has 0 amide bonds. The van der Waals surface area contributed by atoms with E-state index in [0.29, 0.717) is 36.2 Å². The molecular formula is C15H19ClO3. The third-order valence-corrected chi connectivity index (χ3v) is 3.69. The van der Waals surface area contributed by atoms with E-state index >= 15 is 0 Å². The lowest BCUT2D eigenvalue weighted by Gasteiger charge is -2.24. The molecule has 1 aromatic rings. The van der Waals surface area contributed by atoms with Crippen LogP contribution < -0.4 is 9.47 Å². The molecule has 0 radical (unpaired) electrons. The van der Waals surface area contributed by atoms with Gasteiger partial charge in [-0.25, -0.2) is 0 Å². The van der Waals surface area contributed by atoms with Crippen LogP contribution >= 0.6 is 11.6 Å². The van der Waals surface area contributed by atoms with E-state index in [0.717, 1.165) is 5.56 Å². The van der Waals surface area contributed by atoms with Gasteiger partial charge in [-0.2, -0.15) is 0 Å². The molecule has 1 aliphatic heterocycles. The largest absolute Gasteiger partial charge is 0.486 e. The van der Waals surface area contributed by atoms with Crippen molar-refractivity contribution in [1.82, 2.24) is 0 Å². The number of hydrogen-bond acceptors (Lipinski definition) is 3. The minimum atomic E-state index is -0.187. The number of ketones is 1. The van der Waals surface area contributed by atoms with E-state index in [-0.39, 0.29) is 17.6 Å². The number of benzene rings is 1. The van der Waals surface area contributed by atoms with Gasteiger partial charge in [0.05, 0.1) is 0 Å². The zero-order valence-corrected chi connectivity index (χ0v) is 12.3. The van der Waals surface area contributed by atoms with Gasteiger partial charge < -0.3 is 9.47 Å². The van der Waals surface area contributed by atoms with Crippen molar-refractivity contribution in [2.45, 2.75) is 33.1 Å². The van der Waals surface area contributed by atoms with Gasteiger partial charge in [-0.3, -0.25) is 4.79 Å². The lowest BCUT2D eigenvalue weighted by molar-refractivity contribution is -0.121. The first-order valence-corrected chi connectivity index (χ1v) is 7.04. The molecule has 1 unspecified atom stereocenters. The van der Waals surface area contributed by atoms with Crippen LogP contribution in [0.4, 0.5) is 0 Å². The van der Waals surface area contributed by atoms with Crippen LogP contribution in [0.25, 0.3) is 0 Å². The van der Waals surface area contributed by atoms with Crippen LogP contribution in [-0.2, 0) is 4.79 Å². The summed E-state index contributed by atoms with van der Waals surface area (Å²) in [4.78, 5) is 12.1. The Hall–Kier alpha value is -1.22. The molecule has 0 bridgehead atoms. The smallest absolute Gasteiger partial charge is 0.162 e. The van der Waals surface area contributed by atoms with Gasteiger partial charge in [-0.15, -0.1) is 0 Å². The maximum absolute atomic E-state index is 12.1. The van der Waals surface area contributed by atoms with Crippen molar-refractivity contribution in [3.63, 3.8) is 0 Å². The van der Waals surface area contributed by atoms with Crippen LogP contribution in [0.1, 0.15) is 38.7 Å². The molecule has 0 aromatic heterocycles. The van der Waals surface area contributed by atoms with Crippen LogP contribution in [0.3, 0.4) is 0 Å². The molecule has 0 aliphatic carbocycles. The van der Waals surface area contributed by atoms with Gasteiger partial charge >= 0.3 is 0 Å². The van der Waals surface area contributed by atoms with E-state index < -0.39 is 0 Å². The fourth-order valence-electron chi connectivity index (χ4n) is 2.44. The van der Waals surface area contributed by atoms with Crippen molar-refractivity contribution in [2.24, 2.45) is 5.92 Å². The highest BCUT2D eigenvalue weighted by atomic mass is 35.5. The van der Waals surface area contributed by atoms with Crippen molar-refractivity contribution in [1.29, 1.82) is 0 Å². The van der Waals surface area contributed by atoms with Gasteiger partial charge in [0.2, 0.25) is 0 Å². The first-order valence-electron chi connectivity index (χ1n) is 6.66. The standard InChI is InChI=1S/C15H19ClO3/c1-4-12(17)15(9(2)3)10-7-13-14(8-11(10)16)19-6-5-18-13/h7-9,15H,4-6H2,1-3H3. The van der Waals surface area contributed by atoms with Crippen molar-refractivity contribution >= 4 is 17.4 Å². The second-order valence-corrected chi connectivity index (χ2v) is 5.47. The molecule has 1 atom stereocenters. The van der Waals surface area contributed by atoms with Gasteiger partial charge in [-0.05, 0) is 17.5 Å². The van der Waals surface area contributed by atoms with Crippen molar-refractivity contribution < 1.29 is 14.3 Å². The molecule has 2 rings (SSSR count). The fraction of sp³-hybridized carbons (Fsp3) is 0.533. The van der Waals surface area contributed by atoms with E-state index in [1.807, 2.05) is 26.8 Å². The van der Waals surface area contributed by atoms with Gasteiger partial charge in [0.25, 0.3) is 0 Å². The SMILES string of the molecule is CCC(=O)C(c1cc2c(cc1Cl)OCCO2)C(C)C. The van der Waals surface area contributed by atoms with E-state index in [1.165, 1.54) is 0 Å². The summed E-state index contributed by atoms with van der Waals surface area (Å²) in [5, 5.41) is 0.574. The number of Topliss-reactive ketones (excluding diaryl/α,β-unsaturated/α-hetero) is 1. The summed E-state index contributed by atoms with van der Waals surface area (Å²) in [6.45, 7) is 7.01. The monoisotopic (exact) mass is 282 g/mol. The quantitative estimate of drug-likeness (QED) is 0.842. The lowest BCUT2D eigenvalue weighted by Crippen LogP contribution is -2.20. The maximum Gasteiger partial charge on any atom is 0.162 e. The number of halogens is 1. The number of carbonyl (C=O) groups excluding carboxylic acids is 1. The van der Waals surface area contributed by atoms with Crippen LogP contribution in [0.5, 0.6) is 11.5 Å². The average Bonchev–Trinajstić information content (AvgIpc) is 2.39. The van der Waals surface area contributed by atoms with E-state index in [4.69, 9.17) is 21.1 Å². The number of ether oxygens (including phenoxy) is 2. The molecule has 0 saturated carbocycles. The first-order chi connectivity index (χ1) is 9.04. The van der Waals surface area contributed by atoms with Crippen LogP contribution in [0.15, 0.2) is 12.1 Å². The molecule has 0 N–H and O–H groups in total. The Morgan fingerprint density at radius 1 is 1.26 bits per heavy atom. The zero-order chi connectivity index (χ0) is 14.0. The average molecular weight is 283 g/mol. The molecule has 4 heteroatoms. The first kappa shape index (κ1) is 14.2. The molecule has 1 aliphatic rings. The van der Waals surface area contributed by atoms with E-state index in [9.17, 15) is 4.79 Å². The number of fused-ring (bicyclic) bond motifs is 1. The summed E-state index contributed by atoms with van der Waals surface area (Å²) in [5.41, 5.74) is 0.841. The van der Waals surface area contributed by atoms with Crippen LogP contribution in [0, 0.1) is 5.92 Å². The third-order valence-electron chi connectivity index (χ3n) is 3.36. The Balaban J connectivity index is 2.45. The molecule has 0 fully saturated rings. The summed E-state index contributed by atoms with van der Waals surface area (Å²) in [6, 6.07) is 3.61. The Labute approximate surface area is 118 Å². The Kier molecular flexibility index (Phi) is 4.35. The summed E-state index contributed by atoms with van der Waals surface area (Å²) < 4.78 is 11.1. The summed E-state index contributed by atoms with van der Waals surface area (Å²) >= 11 is 6.31. The minimum Gasteiger partial charge on any atom is -0.486 e. The summed E-state index contributed by atoms with van der Waals surface area (Å²) in [5.74, 6) is 1.56. The maximum atomic E-state index is 12.1. The molecule has 0 saturated heterocycles. The number of hydrogen-bond donors (Lipinski definition) is 0. The molecule has 1 heterocycles. The molecule has 3 nitrogen and oxygen atoms in total. The Morgan fingerprint density at radius 2 is 1.84 bits per heavy atom. The molecular weight excluding hydrogens is 264 g/mol. The van der Waals surface area contributed by atoms with Crippen molar-refractivity contribution in [3.05, 3.63) is 22.7 Å². The summed E-state index contributed by atoms with van der Waals surface area (Å²) in [6.07, 6.45) is 0.508. The molecule has 0 spiro atoms.